The van der Waals surface area contributed by atoms with Crippen LogP contribution in [-0.2, 0) is 0 Å². The van der Waals surface area contributed by atoms with Crippen LogP contribution in [0.1, 0.15) is 77.6 Å². The predicted octanol–water partition coefficient (Wildman–Crippen LogP) is 6.34. The Morgan fingerprint density at radius 1 is 0.762 bits per heavy atom. The Bertz CT molecular complexity index is 362. The van der Waals surface area contributed by atoms with Crippen molar-refractivity contribution in [3.05, 3.63) is 0 Å². The molecule has 0 aromatic carbocycles. The van der Waals surface area contributed by atoms with Gasteiger partial charge in [0, 0.05) is 20.9 Å². The second-order valence-electron chi connectivity index (χ2n) is 6.08. The summed E-state index contributed by atoms with van der Waals surface area (Å²) < 4.78 is 0. The second kappa shape index (κ2) is 11.2. The normalized spacial score (nSPS) is 22.3. The summed E-state index contributed by atoms with van der Waals surface area (Å²) in [5.74, 6) is 0.317. The molecule has 120 valence electrons. The fourth-order valence-corrected chi connectivity index (χ4v) is 4.49. The molecule has 0 N–H and O–H groups in total. The van der Waals surface area contributed by atoms with Crippen LogP contribution in [0, 0.1) is 5.92 Å². The van der Waals surface area contributed by atoms with E-state index >= 15 is 0 Å². The van der Waals surface area contributed by atoms with E-state index in [0.717, 1.165) is 21.0 Å². The van der Waals surface area contributed by atoms with E-state index in [9.17, 15) is 0 Å². The van der Waals surface area contributed by atoms with Gasteiger partial charge in [-0.3, -0.25) is 0 Å². The van der Waals surface area contributed by atoms with Crippen molar-refractivity contribution in [3.8, 4) is 0 Å². The van der Waals surface area contributed by atoms with E-state index in [4.69, 9.17) is 36.7 Å². The summed E-state index contributed by atoms with van der Waals surface area (Å²) in [7, 11) is 0. The SMILES string of the molecule is CCCCCCCCCCCCC1C(=S)C(=S)C(=S)C1S. The zero-order valence-corrected chi connectivity index (χ0v) is 16.4. The van der Waals surface area contributed by atoms with Crippen molar-refractivity contribution in [1.82, 2.24) is 0 Å². The molecule has 1 fully saturated rings. The maximum atomic E-state index is 5.41. The molecule has 0 spiro atoms. The summed E-state index contributed by atoms with van der Waals surface area (Å²) in [4.78, 5) is 2.43. The van der Waals surface area contributed by atoms with Gasteiger partial charge in [0.1, 0.15) is 0 Å². The van der Waals surface area contributed by atoms with Crippen LogP contribution in [0.15, 0.2) is 0 Å². The highest BCUT2D eigenvalue weighted by Crippen LogP contribution is 2.29. The van der Waals surface area contributed by atoms with Crippen LogP contribution in [-0.4, -0.2) is 19.8 Å². The van der Waals surface area contributed by atoms with Crippen molar-refractivity contribution >= 4 is 63.9 Å². The summed E-state index contributed by atoms with van der Waals surface area (Å²) in [6.07, 6.45) is 14.7. The van der Waals surface area contributed by atoms with Crippen LogP contribution in [0.3, 0.4) is 0 Å². The lowest BCUT2D eigenvalue weighted by molar-refractivity contribution is 0.534. The van der Waals surface area contributed by atoms with Gasteiger partial charge in [-0.1, -0.05) is 108 Å². The number of hydrogen-bond donors (Lipinski definition) is 1. The number of thiocarbonyl (C=S) groups is 3. The van der Waals surface area contributed by atoms with Crippen molar-refractivity contribution in [1.29, 1.82) is 0 Å². The Kier molecular flexibility index (Phi) is 10.5. The smallest absolute Gasteiger partial charge is 0.0670 e. The molecule has 1 aliphatic rings. The van der Waals surface area contributed by atoms with Gasteiger partial charge in [-0.2, -0.15) is 12.6 Å². The number of thiol groups is 1. The van der Waals surface area contributed by atoms with Gasteiger partial charge in [0.15, 0.2) is 0 Å². The van der Waals surface area contributed by atoms with Gasteiger partial charge in [0.05, 0.1) is 4.86 Å². The molecular formula is C17H28S4. The highest BCUT2D eigenvalue weighted by molar-refractivity contribution is 7.97. The van der Waals surface area contributed by atoms with Crippen molar-refractivity contribution in [2.75, 3.05) is 0 Å². The third-order valence-corrected chi connectivity index (χ3v) is 6.76. The lowest BCUT2D eigenvalue weighted by atomic mass is 9.98. The first-order valence-corrected chi connectivity index (χ1v) is 10.1. The third kappa shape index (κ3) is 6.72. The van der Waals surface area contributed by atoms with Crippen LogP contribution in [0.5, 0.6) is 0 Å². The second-order valence-corrected chi connectivity index (χ2v) is 7.92. The van der Waals surface area contributed by atoms with E-state index in [1.165, 1.54) is 64.2 Å². The molecule has 2 atom stereocenters. The van der Waals surface area contributed by atoms with E-state index in [0.29, 0.717) is 5.92 Å². The summed E-state index contributed by atoms with van der Waals surface area (Å²) in [6, 6.07) is 0. The number of hydrogen-bond acceptors (Lipinski definition) is 4. The van der Waals surface area contributed by atoms with Crippen molar-refractivity contribution in [2.24, 2.45) is 5.92 Å². The van der Waals surface area contributed by atoms with Crippen molar-refractivity contribution in [2.45, 2.75) is 82.8 Å². The Morgan fingerprint density at radius 3 is 1.67 bits per heavy atom. The van der Waals surface area contributed by atoms with Crippen LogP contribution in [0.25, 0.3) is 0 Å². The van der Waals surface area contributed by atoms with Gasteiger partial charge in [-0.15, -0.1) is 0 Å². The maximum absolute atomic E-state index is 5.41. The molecule has 0 saturated heterocycles. The molecule has 0 nitrogen and oxygen atoms in total. The molecule has 0 radical (unpaired) electrons. The first kappa shape index (κ1) is 19.7. The Balaban J connectivity index is 2.01. The fraction of sp³-hybridized carbons (Fsp3) is 0.824. The quantitative estimate of drug-likeness (QED) is 0.260. The maximum Gasteiger partial charge on any atom is 0.0670 e. The standard InChI is InChI=1S/C17H28S4/c1-2-3-4-5-6-7-8-9-10-11-12-13-14(18)16(20)17(21)15(13)19/h13-14,18H,2-12H2,1H3. The number of rotatable bonds is 11. The Morgan fingerprint density at radius 2 is 1.24 bits per heavy atom. The first-order chi connectivity index (χ1) is 10.1. The topological polar surface area (TPSA) is 0 Å². The van der Waals surface area contributed by atoms with Gasteiger partial charge in [-0.05, 0) is 6.42 Å². The zero-order valence-electron chi connectivity index (χ0n) is 13.1. The lowest BCUT2D eigenvalue weighted by Gasteiger charge is -2.13. The highest BCUT2D eigenvalue weighted by atomic mass is 32.1. The minimum absolute atomic E-state index is 0.0959. The molecule has 1 saturated carbocycles. The van der Waals surface area contributed by atoms with Gasteiger partial charge >= 0.3 is 0 Å². The molecule has 0 amide bonds. The van der Waals surface area contributed by atoms with Crippen molar-refractivity contribution < 1.29 is 0 Å². The molecule has 0 aliphatic heterocycles. The molecule has 1 aliphatic carbocycles. The summed E-state index contributed by atoms with van der Waals surface area (Å²) >= 11 is 20.6. The van der Waals surface area contributed by atoms with E-state index in [1.54, 1.807) is 0 Å². The molecule has 0 bridgehead atoms. The molecule has 2 unspecified atom stereocenters. The van der Waals surface area contributed by atoms with Gasteiger partial charge < -0.3 is 0 Å². The van der Waals surface area contributed by atoms with Crippen molar-refractivity contribution in [3.63, 3.8) is 0 Å². The van der Waals surface area contributed by atoms with Gasteiger partial charge in [0.25, 0.3) is 0 Å². The summed E-state index contributed by atoms with van der Waals surface area (Å²) in [5.41, 5.74) is 0. The van der Waals surface area contributed by atoms with Gasteiger partial charge in [-0.25, -0.2) is 0 Å². The largest absolute Gasteiger partial charge is 0.169 e. The van der Waals surface area contributed by atoms with E-state index in [-0.39, 0.29) is 5.25 Å². The minimum atomic E-state index is 0.0959. The summed E-state index contributed by atoms with van der Waals surface area (Å²) in [5, 5.41) is 0.0959. The molecular weight excluding hydrogens is 332 g/mol. The lowest BCUT2D eigenvalue weighted by Crippen LogP contribution is -2.16. The van der Waals surface area contributed by atoms with E-state index in [2.05, 4.69) is 19.6 Å². The third-order valence-electron chi connectivity index (χ3n) is 4.30. The molecule has 0 heterocycles. The molecule has 1 rings (SSSR count). The predicted molar refractivity (Wildman–Crippen MR) is 111 cm³/mol. The number of unbranched alkanes of at least 4 members (excludes halogenated alkanes) is 9. The van der Waals surface area contributed by atoms with Crippen LogP contribution < -0.4 is 0 Å². The minimum Gasteiger partial charge on any atom is -0.169 e. The van der Waals surface area contributed by atoms with Crippen LogP contribution in [0.4, 0.5) is 0 Å². The Labute approximate surface area is 152 Å². The van der Waals surface area contributed by atoms with Crippen LogP contribution in [0.2, 0.25) is 0 Å². The van der Waals surface area contributed by atoms with Crippen LogP contribution >= 0.6 is 49.3 Å². The molecule has 4 heteroatoms. The Hall–Kier alpha value is 0.620. The fourth-order valence-electron chi connectivity index (χ4n) is 2.89. The molecule has 21 heavy (non-hydrogen) atoms. The molecule has 0 aromatic rings. The monoisotopic (exact) mass is 360 g/mol. The van der Waals surface area contributed by atoms with E-state index < -0.39 is 0 Å². The van der Waals surface area contributed by atoms with Gasteiger partial charge in [0.2, 0.25) is 0 Å². The average Bonchev–Trinajstić information content (AvgIpc) is 2.66. The zero-order chi connectivity index (χ0) is 15.7. The summed E-state index contributed by atoms with van der Waals surface area (Å²) in [6.45, 7) is 2.27. The average molecular weight is 361 g/mol. The molecule has 0 aromatic heterocycles. The highest BCUT2D eigenvalue weighted by Gasteiger charge is 2.37. The first-order valence-electron chi connectivity index (χ1n) is 8.40. The van der Waals surface area contributed by atoms with E-state index in [1.807, 2.05) is 0 Å².